The number of anilines is 1. The number of carbonyl (C=O) groups is 2. The van der Waals surface area contributed by atoms with Crippen LogP contribution in [-0.4, -0.2) is 42.6 Å². The summed E-state index contributed by atoms with van der Waals surface area (Å²) in [6, 6.07) is 2.17. The number of hydrogen-bond acceptors (Lipinski definition) is 2. The molecule has 0 aromatic heterocycles. The van der Waals surface area contributed by atoms with E-state index in [0.717, 1.165) is 9.37 Å². The molecule has 0 bridgehead atoms. The fraction of sp³-hybridized carbons (Fsp3) is 0.429. The standard InChI is InChI=1S/C14H13BrF3N3O2/c1-13(21-6-10(14(16,17)18)19-12(21)23)8-4-3-7(15)5-9(8)20(2)11(13)22/h3-5,10H,6H2,1-2H3,(H,19,23)/t10-,13-/m0/s1. The molecule has 2 aliphatic heterocycles. The molecule has 2 heterocycles. The second kappa shape index (κ2) is 4.86. The summed E-state index contributed by atoms with van der Waals surface area (Å²) in [5.74, 6) is -0.441. The Morgan fingerprint density at radius 1 is 1.35 bits per heavy atom. The predicted octanol–water partition coefficient (Wildman–Crippen LogP) is 2.60. The van der Waals surface area contributed by atoms with E-state index >= 15 is 0 Å². The van der Waals surface area contributed by atoms with Gasteiger partial charge in [-0.1, -0.05) is 22.0 Å². The summed E-state index contributed by atoms with van der Waals surface area (Å²) in [4.78, 5) is 27.1. The molecule has 0 unspecified atom stereocenters. The molecule has 1 aromatic carbocycles. The minimum atomic E-state index is -4.56. The largest absolute Gasteiger partial charge is 0.410 e. The number of rotatable bonds is 1. The zero-order valence-corrected chi connectivity index (χ0v) is 13.8. The minimum Gasteiger partial charge on any atom is -0.324 e. The Hall–Kier alpha value is -1.77. The molecule has 1 fully saturated rings. The number of benzene rings is 1. The van der Waals surface area contributed by atoms with E-state index in [9.17, 15) is 22.8 Å². The summed E-state index contributed by atoms with van der Waals surface area (Å²) in [5, 5.41) is 1.91. The molecule has 0 radical (unpaired) electrons. The van der Waals surface area contributed by atoms with Crippen molar-refractivity contribution in [1.82, 2.24) is 10.2 Å². The van der Waals surface area contributed by atoms with E-state index in [4.69, 9.17) is 0 Å². The number of nitrogens with zero attached hydrogens (tertiary/aromatic N) is 2. The lowest BCUT2D eigenvalue weighted by molar-refractivity contribution is -0.152. The first kappa shape index (κ1) is 16.1. The molecule has 3 amide bonds. The number of fused-ring (bicyclic) bond motifs is 1. The van der Waals surface area contributed by atoms with Gasteiger partial charge in [0.25, 0.3) is 5.91 Å². The summed E-state index contributed by atoms with van der Waals surface area (Å²) in [5.41, 5.74) is -0.393. The lowest BCUT2D eigenvalue weighted by atomic mass is 9.91. The molecular formula is C14H13BrF3N3O2. The Morgan fingerprint density at radius 2 is 2.00 bits per heavy atom. The van der Waals surface area contributed by atoms with Crippen molar-refractivity contribution < 1.29 is 22.8 Å². The van der Waals surface area contributed by atoms with Crippen molar-refractivity contribution in [3.63, 3.8) is 0 Å². The molecule has 5 nitrogen and oxygen atoms in total. The van der Waals surface area contributed by atoms with Gasteiger partial charge < -0.3 is 15.1 Å². The number of nitrogens with one attached hydrogen (secondary N) is 1. The lowest BCUT2D eigenvalue weighted by Crippen LogP contribution is -2.52. The number of urea groups is 1. The van der Waals surface area contributed by atoms with Crippen molar-refractivity contribution >= 4 is 33.6 Å². The Labute approximate surface area is 138 Å². The fourth-order valence-electron chi connectivity index (χ4n) is 3.12. The number of hydrogen-bond donors (Lipinski definition) is 1. The third-order valence-corrected chi connectivity index (χ3v) is 4.90. The van der Waals surface area contributed by atoms with Gasteiger partial charge >= 0.3 is 12.2 Å². The van der Waals surface area contributed by atoms with Crippen molar-refractivity contribution in [2.45, 2.75) is 24.7 Å². The van der Waals surface area contributed by atoms with E-state index < -0.39 is 36.2 Å². The van der Waals surface area contributed by atoms with Gasteiger partial charge in [-0.15, -0.1) is 0 Å². The third kappa shape index (κ3) is 2.20. The third-order valence-electron chi connectivity index (χ3n) is 4.41. The van der Waals surface area contributed by atoms with Crippen LogP contribution in [0.3, 0.4) is 0 Å². The van der Waals surface area contributed by atoms with Crippen LogP contribution in [0.4, 0.5) is 23.7 Å². The quantitative estimate of drug-likeness (QED) is 0.799. The molecule has 0 saturated carbocycles. The smallest absolute Gasteiger partial charge is 0.324 e. The van der Waals surface area contributed by atoms with Crippen LogP contribution in [0, 0.1) is 0 Å². The average Bonchev–Trinajstić information content (AvgIpc) is 2.94. The van der Waals surface area contributed by atoms with Gasteiger partial charge in [-0.2, -0.15) is 13.2 Å². The molecule has 0 spiro atoms. The Balaban J connectivity index is 2.06. The summed E-state index contributed by atoms with van der Waals surface area (Å²) in [7, 11) is 1.54. The minimum absolute atomic E-state index is 0.441. The van der Waals surface area contributed by atoms with Gasteiger partial charge in [0.2, 0.25) is 0 Å². The molecule has 1 N–H and O–H groups in total. The van der Waals surface area contributed by atoms with Crippen molar-refractivity contribution in [1.29, 1.82) is 0 Å². The van der Waals surface area contributed by atoms with Gasteiger partial charge in [-0.25, -0.2) is 4.79 Å². The van der Waals surface area contributed by atoms with Gasteiger partial charge in [0, 0.05) is 17.1 Å². The van der Waals surface area contributed by atoms with Crippen LogP contribution in [0.2, 0.25) is 0 Å². The zero-order chi connectivity index (χ0) is 17.2. The molecule has 1 saturated heterocycles. The van der Waals surface area contributed by atoms with E-state index in [-0.39, 0.29) is 0 Å². The zero-order valence-electron chi connectivity index (χ0n) is 12.2. The molecule has 2 aliphatic rings. The van der Waals surface area contributed by atoms with E-state index in [1.807, 2.05) is 5.32 Å². The second-order valence-corrected chi connectivity index (χ2v) is 6.67. The van der Waals surface area contributed by atoms with Crippen LogP contribution in [-0.2, 0) is 10.3 Å². The molecule has 2 atom stereocenters. The molecule has 23 heavy (non-hydrogen) atoms. The topological polar surface area (TPSA) is 52.7 Å². The average molecular weight is 392 g/mol. The molecule has 9 heteroatoms. The van der Waals surface area contributed by atoms with Gasteiger partial charge in [0.1, 0.15) is 11.6 Å². The Bertz CT molecular complexity index is 709. The van der Waals surface area contributed by atoms with Crippen molar-refractivity contribution in [3.05, 3.63) is 28.2 Å². The lowest BCUT2D eigenvalue weighted by Gasteiger charge is -2.33. The predicted molar refractivity (Wildman–Crippen MR) is 80.0 cm³/mol. The van der Waals surface area contributed by atoms with Crippen molar-refractivity contribution in [2.75, 3.05) is 18.5 Å². The molecule has 1 aromatic rings. The van der Waals surface area contributed by atoms with Crippen molar-refractivity contribution in [2.24, 2.45) is 0 Å². The molecule has 0 aliphatic carbocycles. The van der Waals surface area contributed by atoms with Gasteiger partial charge in [0.15, 0.2) is 0 Å². The fourth-order valence-corrected chi connectivity index (χ4v) is 3.46. The first-order valence-electron chi connectivity index (χ1n) is 6.80. The maximum absolute atomic E-state index is 12.9. The van der Waals surface area contributed by atoms with E-state index in [1.54, 1.807) is 18.2 Å². The monoisotopic (exact) mass is 391 g/mol. The van der Waals surface area contributed by atoms with Crippen LogP contribution in [0.1, 0.15) is 12.5 Å². The molecule has 3 rings (SSSR count). The highest BCUT2D eigenvalue weighted by Gasteiger charge is 2.57. The van der Waals surface area contributed by atoms with Crippen LogP contribution >= 0.6 is 15.9 Å². The Kier molecular flexibility index (Phi) is 3.40. The van der Waals surface area contributed by atoms with E-state index in [2.05, 4.69) is 15.9 Å². The summed E-state index contributed by atoms with van der Waals surface area (Å²) in [6.07, 6.45) is -4.56. The van der Waals surface area contributed by atoms with Crippen molar-refractivity contribution in [3.8, 4) is 0 Å². The highest BCUT2D eigenvalue weighted by Crippen LogP contribution is 2.45. The van der Waals surface area contributed by atoms with E-state index in [1.165, 1.54) is 18.9 Å². The van der Waals surface area contributed by atoms with Crippen LogP contribution in [0.25, 0.3) is 0 Å². The van der Waals surface area contributed by atoms with Gasteiger partial charge in [0.05, 0.1) is 12.2 Å². The molecular weight excluding hydrogens is 379 g/mol. The first-order valence-corrected chi connectivity index (χ1v) is 7.59. The normalized spacial score (nSPS) is 27.5. The van der Waals surface area contributed by atoms with Gasteiger partial charge in [-0.05, 0) is 19.1 Å². The summed E-state index contributed by atoms with van der Waals surface area (Å²) >= 11 is 3.30. The van der Waals surface area contributed by atoms with E-state index in [0.29, 0.717) is 11.3 Å². The first-order chi connectivity index (χ1) is 10.6. The highest BCUT2D eigenvalue weighted by molar-refractivity contribution is 9.10. The van der Waals surface area contributed by atoms with Gasteiger partial charge in [-0.3, -0.25) is 4.79 Å². The second-order valence-electron chi connectivity index (χ2n) is 5.75. The highest BCUT2D eigenvalue weighted by atomic mass is 79.9. The van der Waals surface area contributed by atoms with Crippen LogP contribution in [0.5, 0.6) is 0 Å². The number of alkyl halides is 3. The summed E-state index contributed by atoms with van der Waals surface area (Å²) < 4.78 is 39.4. The molecule has 124 valence electrons. The number of carbonyl (C=O) groups excluding carboxylic acids is 2. The maximum atomic E-state index is 12.9. The maximum Gasteiger partial charge on any atom is 0.410 e. The number of amides is 3. The summed E-state index contributed by atoms with van der Waals surface area (Å²) in [6.45, 7) is 0.873. The Morgan fingerprint density at radius 3 is 2.57 bits per heavy atom. The number of halogens is 4. The van der Waals surface area contributed by atoms with Crippen LogP contribution < -0.4 is 10.2 Å². The SMILES string of the molecule is CN1C(=O)[C@@](C)(N2C[C@@H](C(F)(F)F)NC2=O)c2ccc(Br)cc21. The number of likely N-dealkylation sites (N-methyl/N-ethyl adjacent to an activating group) is 1. The van der Waals surface area contributed by atoms with Crippen LogP contribution in [0.15, 0.2) is 22.7 Å².